The van der Waals surface area contributed by atoms with Gasteiger partial charge in [0.1, 0.15) is 5.75 Å². The van der Waals surface area contributed by atoms with E-state index in [9.17, 15) is 0 Å². The maximum absolute atomic E-state index is 5.60. The van der Waals surface area contributed by atoms with E-state index in [0.717, 1.165) is 12.2 Å². The van der Waals surface area contributed by atoms with Crippen LogP contribution in [0.2, 0.25) is 0 Å². The van der Waals surface area contributed by atoms with Crippen molar-refractivity contribution in [3.05, 3.63) is 29.8 Å². The summed E-state index contributed by atoms with van der Waals surface area (Å²) in [7, 11) is 0. The molecule has 1 atom stereocenters. The molecule has 2 nitrogen and oxygen atoms in total. The molecule has 1 unspecified atom stereocenters. The van der Waals surface area contributed by atoms with E-state index in [2.05, 4.69) is 6.92 Å². The average molecular weight is 179 g/mol. The molecule has 0 aliphatic rings. The van der Waals surface area contributed by atoms with E-state index in [-0.39, 0.29) is 6.04 Å². The second-order valence-corrected chi connectivity index (χ2v) is 3.43. The highest BCUT2D eigenvalue weighted by Crippen LogP contribution is 2.11. The van der Waals surface area contributed by atoms with Crippen LogP contribution in [0.15, 0.2) is 24.3 Å². The average Bonchev–Trinajstić information content (AvgIpc) is 2.08. The van der Waals surface area contributed by atoms with Crippen LogP contribution in [0.4, 0.5) is 0 Å². The van der Waals surface area contributed by atoms with Crippen molar-refractivity contribution >= 4 is 0 Å². The molecule has 1 aromatic carbocycles. The second-order valence-electron chi connectivity index (χ2n) is 3.43. The zero-order valence-corrected chi connectivity index (χ0v) is 8.29. The van der Waals surface area contributed by atoms with Crippen molar-refractivity contribution < 1.29 is 4.74 Å². The first-order valence-corrected chi connectivity index (χ1v) is 4.63. The number of benzene rings is 1. The smallest absolute Gasteiger partial charge is 0.119 e. The van der Waals surface area contributed by atoms with Gasteiger partial charge >= 0.3 is 0 Å². The number of ether oxygens (including phenoxy) is 1. The predicted molar refractivity (Wildman–Crippen MR) is 54.9 cm³/mol. The van der Waals surface area contributed by atoms with Gasteiger partial charge in [-0.05, 0) is 32.4 Å². The van der Waals surface area contributed by atoms with E-state index >= 15 is 0 Å². The molecule has 2 heteroatoms. The molecule has 0 fully saturated rings. The molecule has 13 heavy (non-hydrogen) atoms. The Morgan fingerprint density at radius 3 is 2.46 bits per heavy atom. The lowest BCUT2D eigenvalue weighted by molar-refractivity contribution is 0.301. The molecule has 0 heterocycles. The molecule has 0 aromatic heterocycles. The SMILES string of the molecule is Cc1ccc(OCCC(C)N)cc1. The summed E-state index contributed by atoms with van der Waals surface area (Å²) in [5, 5.41) is 0. The first-order chi connectivity index (χ1) is 6.18. The van der Waals surface area contributed by atoms with Crippen LogP contribution in [0.5, 0.6) is 5.75 Å². The van der Waals surface area contributed by atoms with Crippen LogP contribution in [-0.2, 0) is 0 Å². The van der Waals surface area contributed by atoms with Gasteiger partial charge in [-0.15, -0.1) is 0 Å². The largest absolute Gasteiger partial charge is 0.494 e. The Morgan fingerprint density at radius 2 is 1.92 bits per heavy atom. The summed E-state index contributed by atoms with van der Waals surface area (Å²) < 4.78 is 5.49. The van der Waals surface area contributed by atoms with Gasteiger partial charge < -0.3 is 10.5 Å². The fourth-order valence-corrected chi connectivity index (χ4v) is 0.997. The summed E-state index contributed by atoms with van der Waals surface area (Å²) in [5.74, 6) is 0.922. The Bertz CT molecular complexity index is 241. The van der Waals surface area contributed by atoms with Crippen molar-refractivity contribution in [2.24, 2.45) is 5.73 Å². The van der Waals surface area contributed by atoms with E-state index in [1.54, 1.807) is 0 Å². The van der Waals surface area contributed by atoms with Gasteiger partial charge in [-0.25, -0.2) is 0 Å². The standard InChI is InChI=1S/C11H17NO/c1-9-3-5-11(6-4-9)13-8-7-10(2)12/h3-6,10H,7-8,12H2,1-2H3. The zero-order chi connectivity index (χ0) is 9.68. The number of hydrogen-bond donors (Lipinski definition) is 1. The number of rotatable bonds is 4. The van der Waals surface area contributed by atoms with Gasteiger partial charge in [0.2, 0.25) is 0 Å². The van der Waals surface area contributed by atoms with Crippen LogP contribution in [0.25, 0.3) is 0 Å². The van der Waals surface area contributed by atoms with Crippen molar-refractivity contribution in [2.45, 2.75) is 26.3 Å². The molecule has 2 N–H and O–H groups in total. The van der Waals surface area contributed by atoms with Crippen LogP contribution in [0, 0.1) is 6.92 Å². The summed E-state index contributed by atoms with van der Waals surface area (Å²) in [5.41, 5.74) is 6.85. The topological polar surface area (TPSA) is 35.2 Å². The Balaban J connectivity index is 2.33. The third kappa shape index (κ3) is 3.95. The van der Waals surface area contributed by atoms with Gasteiger partial charge in [-0.2, -0.15) is 0 Å². The number of aryl methyl sites for hydroxylation is 1. The van der Waals surface area contributed by atoms with Crippen molar-refractivity contribution in [2.75, 3.05) is 6.61 Å². The quantitative estimate of drug-likeness (QED) is 0.768. The third-order valence-corrected chi connectivity index (χ3v) is 1.86. The molecular formula is C11H17NO. The van der Waals surface area contributed by atoms with Crippen molar-refractivity contribution in [3.63, 3.8) is 0 Å². The fourth-order valence-electron chi connectivity index (χ4n) is 0.997. The van der Waals surface area contributed by atoms with E-state index in [1.165, 1.54) is 5.56 Å². The van der Waals surface area contributed by atoms with Crippen LogP contribution in [0.3, 0.4) is 0 Å². The minimum Gasteiger partial charge on any atom is -0.494 e. The Kier molecular flexibility index (Phi) is 3.77. The minimum atomic E-state index is 0.213. The highest BCUT2D eigenvalue weighted by atomic mass is 16.5. The van der Waals surface area contributed by atoms with Gasteiger partial charge in [0, 0.05) is 6.04 Å². The molecule has 0 amide bonds. The molecule has 0 spiro atoms. The van der Waals surface area contributed by atoms with Gasteiger partial charge in [0.15, 0.2) is 0 Å². The van der Waals surface area contributed by atoms with Crippen LogP contribution >= 0.6 is 0 Å². The monoisotopic (exact) mass is 179 g/mol. The first kappa shape index (κ1) is 10.1. The van der Waals surface area contributed by atoms with Gasteiger partial charge in [0.25, 0.3) is 0 Å². The highest BCUT2D eigenvalue weighted by Gasteiger charge is 1.95. The van der Waals surface area contributed by atoms with Crippen LogP contribution in [-0.4, -0.2) is 12.6 Å². The summed E-state index contributed by atoms with van der Waals surface area (Å²) in [6, 6.07) is 8.26. The highest BCUT2D eigenvalue weighted by molar-refractivity contribution is 5.26. The van der Waals surface area contributed by atoms with Crippen molar-refractivity contribution in [1.29, 1.82) is 0 Å². The van der Waals surface area contributed by atoms with Gasteiger partial charge in [0.05, 0.1) is 6.61 Å². The van der Waals surface area contributed by atoms with Gasteiger partial charge in [-0.1, -0.05) is 17.7 Å². The number of nitrogens with two attached hydrogens (primary N) is 1. The maximum Gasteiger partial charge on any atom is 0.119 e. The molecule has 1 aromatic rings. The van der Waals surface area contributed by atoms with Crippen molar-refractivity contribution in [3.8, 4) is 5.75 Å². The fraction of sp³-hybridized carbons (Fsp3) is 0.455. The summed E-state index contributed by atoms with van der Waals surface area (Å²) >= 11 is 0. The second kappa shape index (κ2) is 4.87. The van der Waals surface area contributed by atoms with E-state index in [4.69, 9.17) is 10.5 Å². The maximum atomic E-state index is 5.60. The van der Waals surface area contributed by atoms with E-state index in [1.807, 2.05) is 31.2 Å². The Labute approximate surface area is 79.7 Å². The Morgan fingerprint density at radius 1 is 1.31 bits per heavy atom. The lowest BCUT2D eigenvalue weighted by Crippen LogP contribution is -2.18. The lowest BCUT2D eigenvalue weighted by Gasteiger charge is -2.07. The molecular weight excluding hydrogens is 162 g/mol. The van der Waals surface area contributed by atoms with Gasteiger partial charge in [-0.3, -0.25) is 0 Å². The molecule has 0 bridgehead atoms. The Hall–Kier alpha value is -1.02. The molecule has 0 radical (unpaired) electrons. The van der Waals surface area contributed by atoms with Crippen LogP contribution in [0.1, 0.15) is 18.9 Å². The first-order valence-electron chi connectivity index (χ1n) is 4.63. The third-order valence-electron chi connectivity index (χ3n) is 1.86. The van der Waals surface area contributed by atoms with E-state index in [0.29, 0.717) is 6.61 Å². The van der Waals surface area contributed by atoms with E-state index < -0.39 is 0 Å². The molecule has 0 aliphatic heterocycles. The minimum absolute atomic E-state index is 0.213. The molecule has 0 aliphatic carbocycles. The summed E-state index contributed by atoms with van der Waals surface area (Å²) in [6.45, 7) is 4.74. The molecule has 0 saturated heterocycles. The van der Waals surface area contributed by atoms with Crippen LogP contribution < -0.4 is 10.5 Å². The predicted octanol–water partition coefficient (Wildman–Crippen LogP) is 2.11. The number of hydrogen-bond acceptors (Lipinski definition) is 2. The lowest BCUT2D eigenvalue weighted by atomic mass is 10.2. The normalized spacial score (nSPS) is 12.5. The zero-order valence-electron chi connectivity index (χ0n) is 8.29. The summed E-state index contributed by atoms with van der Waals surface area (Å²) in [4.78, 5) is 0. The summed E-state index contributed by atoms with van der Waals surface area (Å²) in [6.07, 6.45) is 0.897. The molecule has 0 saturated carbocycles. The molecule has 1 rings (SSSR count). The molecule has 72 valence electrons. The van der Waals surface area contributed by atoms with Crippen molar-refractivity contribution in [1.82, 2.24) is 0 Å².